The van der Waals surface area contributed by atoms with Gasteiger partial charge >= 0.3 is 0 Å². The van der Waals surface area contributed by atoms with Gasteiger partial charge in [-0.25, -0.2) is 9.37 Å². The predicted octanol–water partition coefficient (Wildman–Crippen LogP) is 5.19. The Labute approximate surface area is 144 Å². The average molecular weight is 343 g/mol. The average Bonchev–Trinajstić information content (AvgIpc) is 2.90. The van der Waals surface area contributed by atoms with Crippen LogP contribution in [0.1, 0.15) is 35.8 Å². The van der Waals surface area contributed by atoms with E-state index in [1.54, 1.807) is 12.3 Å². The molecule has 1 atom stereocenters. The number of pyridine rings is 1. The highest BCUT2D eigenvalue weighted by atomic mass is 35.5. The lowest BCUT2D eigenvalue weighted by atomic mass is 9.91. The zero-order valence-electron chi connectivity index (χ0n) is 13.0. The second-order valence-corrected chi connectivity index (χ2v) is 6.45. The maximum atomic E-state index is 13.3. The minimum absolute atomic E-state index is 0.292. The number of benzene rings is 1. The summed E-state index contributed by atoms with van der Waals surface area (Å²) in [5.41, 5.74) is 2.76. The van der Waals surface area contributed by atoms with Crippen LogP contribution in [0.15, 0.2) is 47.0 Å². The summed E-state index contributed by atoms with van der Waals surface area (Å²) in [4.78, 5) is 8.91. The highest BCUT2D eigenvalue weighted by Crippen LogP contribution is 2.36. The van der Waals surface area contributed by atoms with Gasteiger partial charge in [0.15, 0.2) is 0 Å². The van der Waals surface area contributed by atoms with Gasteiger partial charge in [-0.15, -0.1) is 0 Å². The fourth-order valence-corrected chi connectivity index (χ4v) is 3.60. The molecule has 1 aliphatic rings. The first-order valence-electron chi connectivity index (χ1n) is 8.05. The summed E-state index contributed by atoms with van der Waals surface area (Å²) in [5, 5.41) is 0.501. The largest absolute Gasteiger partial charge is 0.440 e. The first kappa shape index (κ1) is 15.3. The van der Waals surface area contributed by atoms with Crippen molar-refractivity contribution in [2.75, 3.05) is 0 Å². The molecule has 0 bridgehead atoms. The minimum Gasteiger partial charge on any atom is -0.440 e. The topological polar surface area (TPSA) is 38.9 Å². The van der Waals surface area contributed by atoms with Gasteiger partial charge in [-0.05, 0) is 55.0 Å². The van der Waals surface area contributed by atoms with Crippen molar-refractivity contribution in [3.63, 3.8) is 0 Å². The third-order valence-corrected chi connectivity index (χ3v) is 4.84. The van der Waals surface area contributed by atoms with E-state index < -0.39 is 0 Å². The molecule has 1 unspecified atom stereocenters. The molecule has 1 aliphatic carbocycles. The fraction of sp³-hybridized carbons (Fsp3) is 0.263. The molecule has 0 fully saturated rings. The van der Waals surface area contributed by atoms with Gasteiger partial charge in [0, 0.05) is 17.6 Å². The van der Waals surface area contributed by atoms with E-state index in [1.807, 2.05) is 18.2 Å². The van der Waals surface area contributed by atoms with E-state index in [2.05, 4.69) is 9.97 Å². The molecule has 0 saturated heterocycles. The lowest BCUT2D eigenvalue weighted by Gasteiger charge is -2.15. The summed E-state index contributed by atoms with van der Waals surface area (Å²) in [5.74, 6) is 1.50. The normalized spacial score (nSPS) is 17.3. The number of aromatic nitrogens is 2. The quantitative estimate of drug-likeness (QED) is 0.601. The first-order valence-corrected chi connectivity index (χ1v) is 8.43. The Morgan fingerprint density at radius 3 is 2.79 bits per heavy atom. The van der Waals surface area contributed by atoms with Crippen LogP contribution in [-0.2, 0) is 12.8 Å². The summed E-state index contributed by atoms with van der Waals surface area (Å²) in [7, 11) is 0. The van der Waals surface area contributed by atoms with Gasteiger partial charge in [-0.3, -0.25) is 4.98 Å². The van der Waals surface area contributed by atoms with Gasteiger partial charge < -0.3 is 4.42 Å². The van der Waals surface area contributed by atoms with E-state index in [4.69, 9.17) is 16.0 Å². The molecule has 122 valence electrons. The molecule has 2 heterocycles. The van der Waals surface area contributed by atoms with E-state index in [0.717, 1.165) is 48.4 Å². The van der Waals surface area contributed by atoms with Gasteiger partial charge in [-0.2, -0.15) is 0 Å². The molecule has 1 aromatic carbocycles. The smallest absolute Gasteiger partial charge is 0.245 e. The van der Waals surface area contributed by atoms with E-state index in [1.165, 1.54) is 12.1 Å². The Kier molecular flexibility index (Phi) is 4.07. The number of hydrogen-bond donors (Lipinski definition) is 0. The summed E-state index contributed by atoms with van der Waals surface area (Å²) in [6.07, 6.45) is 5.19. The maximum Gasteiger partial charge on any atom is 0.245 e. The van der Waals surface area contributed by atoms with Gasteiger partial charge in [0.2, 0.25) is 5.89 Å². The molecule has 0 saturated carbocycles. The summed E-state index contributed by atoms with van der Waals surface area (Å²) in [6.45, 7) is 0. The van der Waals surface area contributed by atoms with Crippen LogP contribution >= 0.6 is 11.6 Å². The molecule has 0 radical (unpaired) electrons. The number of fused-ring (bicyclic) bond motifs is 1. The van der Waals surface area contributed by atoms with Crippen molar-refractivity contribution in [3.05, 3.63) is 70.5 Å². The second-order valence-electron chi connectivity index (χ2n) is 6.04. The lowest BCUT2D eigenvalue weighted by Crippen LogP contribution is -2.01. The first-order chi connectivity index (χ1) is 11.7. The van der Waals surface area contributed by atoms with E-state index in [9.17, 15) is 4.39 Å². The third kappa shape index (κ3) is 2.94. The van der Waals surface area contributed by atoms with Crippen LogP contribution in [0.3, 0.4) is 0 Å². The SMILES string of the molecule is Fc1ccc(C2CCc3nc(-c4ccccn4)oc3CC2)c(Cl)c1. The number of aryl methyl sites for hydroxylation is 2. The number of halogens is 2. The minimum atomic E-state index is -0.300. The Morgan fingerprint density at radius 1 is 1.12 bits per heavy atom. The molecule has 5 heteroatoms. The number of oxazole rings is 1. The Balaban J connectivity index is 1.56. The maximum absolute atomic E-state index is 13.3. The molecule has 3 aromatic rings. The summed E-state index contributed by atoms with van der Waals surface area (Å²) < 4.78 is 19.2. The predicted molar refractivity (Wildman–Crippen MR) is 90.5 cm³/mol. The molecular weight excluding hydrogens is 327 g/mol. The monoisotopic (exact) mass is 342 g/mol. The van der Waals surface area contributed by atoms with Crippen molar-refractivity contribution in [3.8, 4) is 11.6 Å². The van der Waals surface area contributed by atoms with Crippen molar-refractivity contribution in [2.24, 2.45) is 0 Å². The fourth-order valence-electron chi connectivity index (χ4n) is 3.28. The van der Waals surface area contributed by atoms with Crippen LogP contribution in [0, 0.1) is 5.82 Å². The lowest BCUT2D eigenvalue weighted by molar-refractivity contribution is 0.496. The zero-order valence-corrected chi connectivity index (χ0v) is 13.8. The Morgan fingerprint density at radius 2 is 2.00 bits per heavy atom. The van der Waals surface area contributed by atoms with Crippen LogP contribution in [-0.4, -0.2) is 9.97 Å². The van der Waals surface area contributed by atoms with Gasteiger partial charge in [0.25, 0.3) is 0 Å². The van der Waals surface area contributed by atoms with Gasteiger partial charge in [0.1, 0.15) is 17.3 Å². The Hall–Kier alpha value is -2.20. The van der Waals surface area contributed by atoms with Crippen LogP contribution in [0.5, 0.6) is 0 Å². The zero-order chi connectivity index (χ0) is 16.5. The van der Waals surface area contributed by atoms with E-state index in [0.29, 0.717) is 16.8 Å². The van der Waals surface area contributed by atoms with Crippen LogP contribution < -0.4 is 0 Å². The molecule has 0 amide bonds. The van der Waals surface area contributed by atoms with Crippen molar-refractivity contribution in [2.45, 2.75) is 31.6 Å². The van der Waals surface area contributed by atoms with Gasteiger partial charge in [0.05, 0.1) is 5.69 Å². The van der Waals surface area contributed by atoms with Crippen LogP contribution in [0.2, 0.25) is 5.02 Å². The number of nitrogens with zero attached hydrogens (tertiary/aromatic N) is 2. The van der Waals surface area contributed by atoms with E-state index in [-0.39, 0.29) is 5.82 Å². The van der Waals surface area contributed by atoms with E-state index >= 15 is 0 Å². The van der Waals surface area contributed by atoms with Crippen molar-refractivity contribution in [1.82, 2.24) is 9.97 Å². The highest BCUT2D eigenvalue weighted by Gasteiger charge is 2.24. The molecule has 3 nitrogen and oxygen atoms in total. The molecule has 0 N–H and O–H groups in total. The molecule has 0 spiro atoms. The number of hydrogen-bond acceptors (Lipinski definition) is 3. The van der Waals surface area contributed by atoms with Crippen molar-refractivity contribution in [1.29, 1.82) is 0 Å². The summed E-state index contributed by atoms with van der Waals surface area (Å²) >= 11 is 6.22. The van der Waals surface area contributed by atoms with Gasteiger partial charge in [-0.1, -0.05) is 23.7 Å². The molecule has 4 rings (SSSR count). The summed E-state index contributed by atoms with van der Waals surface area (Å²) in [6, 6.07) is 10.3. The molecule has 2 aromatic heterocycles. The standard InChI is InChI=1S/C19H16ClFN2O/c20-15-11-13(21)6-7-14(15)12-4-8-16-18(9-5-12)24-19(23-16)17-3-1-2-10-22-17/h1-3,6-7,10-12H,4-5,8-9H2. The van der Waals surface area contributed by atoms with Crippen LogP contribution in [0.25, 0.3) is 11.6 Å². The van der Waals surface area contributed by atoms with Crippen molar-refractivity contribution < 1.29 is 8.81 Å². The van der Waals surface area contributed by atoms with Crippen molar-refractivity contribution >= 4 is 11.6 Å². The molecule has 24 heavy (non-hydrogen) atoms. The second kappa shape index (κ2) is 6.36. The number of rotatable bonds is 2. The molecular formula is C19H16ClFN2O. The molecule has 0 aliphatic heterocycles. The van der Waals surface area contributed by atoms with Crippen LogP contribution in [0.4, 0.5) is 4.39 Å². The highest BCUT2D eigenvalue weighted by molar-refractivity contribution is 6.31. The Bertz CT molecular complexity index is 838. The third-order valence-electron chi connectivity index (χ3n) is 4.51.